The van der Waals surface area contributed by atoms with Crippen LogP contribution in [0.15, 0.2) is 66.9 Å². The maximum atomic E-state index is 14.2. The molecule has 2 aromatic carbocycles. The lowest BCUT2D eigenvalue weighted by Gasteiger charge is -2.11. The molecule has 156 valence electrons. The van der Waals surface area contributed by atoms with Crippen molar-refractivity contribution in [1.29, 1.82) is 10.8 Å². The van der Waals surface area contributed by atoms with Gasteiger partial charge in [0.05, 0.1) is 11.2 Å². The van der Waals surface area contributed by atoms with E-state index in [1.165, 1.54) is 37.4 Å². The van der Waals surface area contributed by atoms with Gasteiger partial charge in [-0.05, 0) is 61.1 Å². The van der Waals surface area contributed by atoms with Crippen molar-refractivity contribution in [3.63, 3.8) is 0 Å². The fourth-order valence-electron chi connectivity index (χ4n) is 3.09. The van der Waals surface area contributed by atoms with E-state index < -0.39 is 5.82 Å². The standard InChI is InChI=1S/C22H16FN5O.CH5N/c23-18-5-3-15(13-29)11-17(18)20-7-8-21(24)28(27-20)22(25)12-14-4-6-19-16(10-14)2-1-9-26-19;1-2/h1-11,13,24-25H,12H2;2H2,1H3. The molecule has 4 aromatic rings. The minimum Gasteiger partial charge on any atom is -0.333 e. The molecule has 8 heteroatoms. The van der Waals surface area contributed by atoms with E-state index in [2.05, 4.69) is 15.8 Å². The third kappa shape index (κ3) is 4.76. The van der Waals surface area contributed by atoms with Crippen LogP contribution in [0, 0.1) is 16.6 Å². The lowest BCUT2D eigenvalue weighted by atomic mass is 10.1. The number of nitrogens with zero attached hydrogens (tertiary/aromatic N) is 3. The van der Waals surface area contributed by atoms with E-state index in [0.29, 0.717) is 11.8 Å². The predicted molar refractivity (Wildman–Crippen MR) is 118 cm³/mol. The number of pyridine rings is 1. The molecule has 0 aliphatic carbocycles. The second-order valence-corrected chi connectivity index (χ2v) is 6.53. The molecule has 0 aliphatic heterocycles. The van der Waals surface area contributed by atoms with Gasteiger partial charge in [-0.1, -0.05) is 12.1 Å². The molecule has 2 heterocycles. The van der Waals surface area contributed by atoms with Gasteiger partial charge in [0.2, 0.25) is 0 Å². The SMILES string of the molecule is CN.N=C(Cc1ccc2ncccc2c1)n1nc(-c2cc(C=O)ccc2F)ccc1=N. The van der Waals surface area contributed by atoms with Gasteiger partial charge in [0.25, 0.3) is 0 Å². The van der Waals surface area contributed by atoms with Crippen molar-refractivity contribution in [3.05, 3.63) is 89.3 Å². The fourth-order valence-corrected chi connectivity index (χ4v) is 3.09. The van der Waals surface area contributed by atoms with Crippen molar-refractivity contribution >= 4 is 23.0 Å². The van der Waals surface area contributed by atoms with Gasteiger partial charge in [0.1, 0.15) is 23.4 Å². The van der Waals surface area contributed by atoms with Crippen molar-refractivity contribution in [2.24, 2.45) is 5.73 Å². The average Bonchev–Trinajstić information content (AvgIpc) is 2.81. The van der Waals surface area contributed by atoms with E-state index in [9.17, 15) is 9.18 Å². The summed E-state index contributed by atoms with van der Waals surface area (Å²) in [5, 5.41) is 21.7. The lowest BCUT2D eigenvalue weighted by Crippen LogP contribution is -2.30. The molecule has 0 saturated heterocycles. The van der Waals surface area contributed by atoms with Crippen LogP contribution in [-0.4, -0.2) is 33.9 Å². The molecule has 0 bridgehead atoms. The summed E-state index contributed by atoms with van der Waals surface area (Å²) in [5.41, 5.74) is 6.96. The number of hydrogen-bond donors (Lipinski definition) is 3. The summed E-state index contributed by atoms with van der Waals surface area (Å²) in [6.45, 7) is 0. The summed E-state index contributed by atoms with van der Waals surface area (Å²) in [6.07, 6.45) is 2.60. The van der Waals surface area contributed by atoms with E-state index in [1.54, 1.807) is 6.20 Å². The van der Waals surface area contributed by atoms with E-state index in [0.717, 1.165) is 21.1 Å². The van der Waals surface area contributed by atoms with Gasteiger partial charge in [-0.2, -0.15) is 5.10 Å². The molecular formula is C23H21FN6O. The molecule has 0 fully saturated rings. The Bertz CT molecular complexity index is 1310. The highest BCUT2D eigenvalue weighted by Crippen LogP contribution is 2.21. The van der Waals surface area contributed by atoms with E-state index >= 15 is 0 Å². The number of carbonyl (C=O) groups is 1. The number of aromatic nitrogens is 3. The zero-order valence-electron chi connectivity index (χ0n) is 16.8. The molecule has 0 aliphatic rings. The van der Waals surface area contributed by atoms with Gasteiger partial charge < -0.3 is 5.73 Å². The molecule has 4 N–H and O–H groups in total. The first-order valence-corrected chi connectivity index (χ1v) is 9.44. The summed E-state index contributed by atoms with van der Waals surface area (Å²) in [4.78, 5) is 15.3. The van der Waals surface area contributed by atoms with Crippen LogP contribution in [0.5, 0.6) is 0 Å². The number of rotatable bonds is 4. The Balaban J connectivity index is 0.00000132. The van der Waals surface area contributed by atoms with Crippen LogP contribution in [0.25, 0.3) is 22.2 Å². The smallest absolute Gasteiger partial charge is 0.150 e. The van der Waals surface area contributed by atoms with Crippen molar-refractivity contribution in [3.8, 4) is 11.3 Å². The second-order valence-electron chi connectivity index (χ2n) is 6.53. The quantitative estimate of drug-likeness (QED) is 0.269. The van der Waals surface area contributed by atoms with Crippen LogP contribution >= 0.6 is 0 Å². The molecule has 4 rings (SSSR count). The molecule has 0 atom stereocenters. The number of benzene rings is 2. The predicted octanol–water partition coefficient (Wildman–Crippen LogP) is 3.17. The first-order valence-electron chi connectivity index (χ1n) is 9.44. The summed E-state index contributed by atoms with van der Waals surface area (Å²) in [5.74, 6) is -0.451. The van der Waals surface area contributed by atoms with Crippen molar-refractivity contribution in [1.82, 2.24) is 14.8 Å². The molecule has 7 nitrogen and oxygen atoms in total. The highest BCUT2D eigenvalue weighted by atomic mass is 19.1. The average molecular weight is 416 g/mol. The molecule has 0 amide bonds. The molecular weight excluding hydrogens is 395 g/mol. The van der Waals surface area contributed by atoms with Crippen LogP contribution in [0.1, 0.15) is 15.9 Å². The molecule has 2 aromatic heterocycles. The van der Waals surface area contributed by atoms with Gasteiger partial charge in [0.15, 0.2) is 0 Å². The molecule has 31 heavy (non-hydrogen) atoms. The van der Waals surface area contributed by atoms with E-state index in [-0.39, 0.29) is 29.0 Å². The lowest BCUT2D eigenvalue weighted by molar-refractivity contribution is 0.112. The first kappa shape index (κ1) is 21.7. The number of halogens is 1. The summed E-state index contributed by atoms with van der Waals surface area (Å²) in [6, 6.07) is 16.4. The van der Waals surface area contributed by atoms with Gasteiger partial charge in [-0.25, -0.2) is 9.07 Å². The van der Waals surface area contributed by atoms with E-state index in [4.69, 9.17) is 10.8 Å². The monoisotopic (exact) mass is 416 g/mol. The largest absolute Gasteiger partial charge is 0.333 e. The zero-order valence-corrected chi connectivity index (χ0v) is 16.8. The molecule has 0 saturated carbocycles. The Morgan fingerprint density at radius 3 is 2.71 bits per heavy atom. The van der Waals surface area contributed by atoms with Gasteiger partial charge in [0, 0.05) is 29.1 Å². The van der Waals surface area contributed by atoms with Gasteiger partial charge >= 0.3 is 0 Å². The summed E-state index contributed by atoms with van der Waals surface area (Å²) in [7, 11) is 1.50. The van der Waals surface area contributed by atoms with Crippen LogP contribution in [0.2, 0.25) is 0 Å². The van der Waals surface area contributed by atoms with Gasteiger partial charge in [-0.3, -0.25) is 20.6 Å². The normalized spacial score (nSPS) is 10.3. The molecule has 0 radical (unpaired) electrons. The third-order valence-corrected chi connectivity index (χ3v) is 4.53. The Morgan fingerprint density at radius 2 is 1.94 bits per heavy atom. The second kappa shape index (κ2) is 9.64. The number of hydrogen-bond acceptors (Lipinski definition) is 6. The molecule has 0 spiro atoms. The van der Waals surface area contributed by atoms with E-state index in [1.807, 2.05) is 30.3 Å². The Hall–Kier alpha value is -4.04. The first-order chi connectivity index (χ1) is 15.0. The van der Waals surface area contributed by atoms with Crippen molar-refractivity contribution in [2.45, 2.75) is 6.42 Å². The molecule has 0 unspecified atom stereocenters. The highest BCUT2D eigenvalue weighted by Gasteiger charge is 2.12. The van der Waals surface area contributed by atoms with Crippen LogP contribution in [-0.2, 0) is 6.42 Å². The number of nitrogens with one attached hydrogen (secondary N) is 2. The number of nitrogens with two attached hydrogens (primary N) is 1. The highest BCUT2D eigenvalue weighted by molar-refractivity contribution is 5.85. The van der Waals surface area contributed by atoms with Crippen LogP contribution in [0.4, 0.5) is 4.39 Å². The van der Waals surface area contributed by atoms with Gasteiger partial charge in [-0.15, -0.1) is 0 Å². The maximum absolute atomic E-state index is 14.2. The number of aldehydes is 1. The third-order valence-electron chi connectivity index (χ3n) is 4.53. The Kier molecular flexibility index (Phi) is 6.74. The number of fused-ring (bicyclic) bond motifs is 1. The minimum atomic E-state index is -0.527. The zero-order chi connectivity index (χ0) is 22.4. The Morgan fingerprint density at radius 1 is 1.13 bits per heavy atom. The van der Waals surface area contributed by atoms with Crippen molar-refractivity contribution in [2.75, 3.05) is 7.05 Å². The Labute approximate surface area is 178 Å². The summed E-state index contributed by atoms with van der Waals surface area (Å²) >= 11 is 0. The van der Waals surface area contributed by atoms with Crippen LogP contribution < -0.4 is 11.2 Å². The maximum Gasteiger partial charge on any atom is 0.150 e. The number of carbonyl (C=O) groups excluding carboxylic acids is 1. The van der Waals surface area contributed by atoms with Crippen molar-refractivity contribution < 1.29 is 9.18 Å². The minimum absolute atomic E-state index is 0.00755. The fraction of sp³-hybridized carbons (Fsp3) is 0.0870. The van der Waals surface area contributed by atoms with Crippen LogP contribution in [0.3, 0.4) is 0 Å². The summed E-state index contributed by atoms with van der Waals surface area (Å²) < 4.78 is 15.4. The topological polar surface area (TPSA) is 122 Å².